The van der Waals surface area contributed by atoms with Crippen LogP contribution >= 0.6 is 0 Å². The molecule has 5 nitrogen and oxygen atoms in total. The molecule has 4 rings (SSSR count). The lowest BCUT2D eigenvalue weighted by Crippen LogP contribution is -2.45. The van der Waals surface area contributed by atoms with Gasteiger partial charge in [0.05, 0.1) is 11.5 Å². The minimum absolute atomic E-state index is 0.135. The molecule has 0 bridgehead atoms. The molecule has 0 radical (unpaired) electrons. The van der Waals surface area contributed by atoms with E-state index in [9.17, 15) is 4.79 Å². The highest BCUT2D eigenvalue weighted by atomic mass is 16.5. The minimum Gasteiger partial charge on any atom is -0.457 e. The number of hydrogen-bond donors (Lipinski definition) is 2. The largest absolute Gasteiger partial charge is 0.457 e. The summed E-state index contributed by atoms with van der Waals surface area (Å²) in [7, 11) is 0. The van der Waals surface area contributed by atoms with E-state index in [-0.39, 0.29) is 17.4 Å². The third-order valence-electron chi connectivity index (χ3n) is 5.73. The summed E-state index contributed by atoms with van der Waals surface area (Å²) < 4.78 is 5.95. The summed E-state index contributed by atoms with van der Waals surface area (Å²) in [4.78, 5) is 15.2. The Hall–Kier alpha value is -3.05. The number of benzene rings is 2. The molecule has 0 saturated carbocycles. The molecule has 1 amide bonds. The second-order valence-corrected chi connectivity index (χ2v) is 8.31. The highest BCUT2D eigenvalue weighted by molar-refractivity contribution is 5.82. The molecule has 2 atom stereocenters. The third kappa shape index (κ3) is 5.10. The number of carbonyl (C=O) groups excluding carboxylic acids is 1. The molecule has 0 aromatic heterocycles. The number of rotatable bonds is 7. The molecule has 2 aliphatic heterocycles. The van der Waals surface area contributed by atoms with Crippen LogP contribution in [0.2, 0.25) is 0 Å². The Morgan fingerprint density at radius 2 is 2.00 bits per heavy atom. The van der Waals surface area contributed by atoms with Crippen molar-refractivity contribution in [3.63, 3.8) is 0 Å². The monoisotopic (exact) mass is 403 g/mol. The molecule has 156 valence electrons. The Bertz CT molecular complexity index is 925. The number of hydrogen-bond acceptors (Lipinski definition) is 4. The number of likely N-dealkylation sites (tertiary alicyclic amines) is 1. The van der Waals surface area contributed by atoms with E-state index >= 15 is 0 Å². The van der Waals surface area contributed by atoms with Crippen LogP contribution in [0.1, 0.15) is 18.9 Å². The summed E-state index contributed by atoms with van der Waals surface area (Å²) in [6, 6.07) is 18.2. The molecule has 2 heterocycles. The lowest BCUT2D eigenvalue weighted by atomic mass is 9.88. The van der Waals surface area contributed by atoms with E-state index < -0.39 is 0 Å². The molecule has 1 fully saturated rings. The van der Waals surface area contributed by atoms with Crippen LogP contribution in [0.15, 0.2) is 79.0 Å². The van der Waals surface area contributed by atoms with E-state index in [1.165, 1.54) is 5.56 Å². The summed E-state index contributed by atoms with van der Waals surface area (Å²) >= 11 is 0. The predicted molar refractivity (Wildman–Crippen MR) is 119 cm³/mol. The van der Waals surface area contributed by atoms with Crippen molar-refractivity contribution in [2.75, 3.05) is 19.6 Å². The van der Waals surface area contributed by atoms with E-state index in [4.69, 9.17) is 4.74 Å². The molecule has 30 heavy (non-hydrogen) atoms. The normalized spacial score (nSPS) is 23.2. The first-order valence-corrected chi connectivity index (χ1v) is 10.5. The van der Waals surface area contributed by atoms with Gasteiger partial charge >= 0.3 is 0 Å². The van der Waals surface area contributed by atoms with Crippen LogP contribution in [-0.2, 0) is 11.3 Å². The zero-order valence-corrected chi connectivity index (χ0v) is 17.4. The quantitative estimate of drug-likeness (QED) is 0.737. The fourth-order valence-electron chi connectivity index (χ4n) is 4.00. The van der Waals surface area contributed by atoms with Gasteiger partial charge in [0.2, 0.25) is 5.91 Å². The molecule has 0 spiro atoms. The Morgan fingerprint density at radius 3 is 2.80 bits per heavy atom. The highest BCUT2D eigenvalue weighted by Crippen LogP contribution is 2.31. The number of dihydropyridines is 1. The summed E-state index contributed by atoms with van der Waals surface area (Å²) in [6.07, 6.45) is 8.79. The number of carbonyl (C=O) groups is 1. The first kappa shape index (κ1) is 20.2. The summed E-state index contributed by atoms with van der Waals surface area (Å²) in [6.45, 7) is 5.16. The summed E-state index contributed by atoms with van der Waals surface area (Å²) in [5.74, 6) is 1.80. The van der Waals surface area contributed by atoms with Crippen molar-refractivity contribution in [3.8, 4) is 11.5 Å². The molecule has 2 aliphatic rings. The van der Waals surface area contributed by atoms with Crippen molar-refractivity contribution in [2.24, 2.45) is 5.41 Å². The summed E-state index contributed by atoms with van der Waals surface area (Å²) in [5, 5.41) is 6.36. The van der Waals surface area contributed by atoms with E-state index in [1.54, 1.807) is 0 Å². The van der Waals surface area contributed by atoms with Gasteiger partial charge in [-0.2, -0.15) is 0 Å². The maximum Gasteiger partial charge on any atom is 0.227 e. The molecule has 0 aliphatic carbocycles. The average molecular weight is 404 g/mol. The van der Waals surface area contributed by atoms with Crippen molar-refractivity contribution in [1.82, 2.24) is 15.5 Å². The lowest BCUT2D eigenvalue weighted by molar-refractivity contribution is -0.129. The van der Waals surface area contributed by atoms with Crippen LogP contribution in [-0.4, -0.2) is 36.5 Å². The molecular formula is C25H29N3O2. The SMILES string of the molecule is C[C@]1(C(=O)NCC2C=CC=CN2)CCN(Cc2cccc(Oc3ccccc3)c2)C1. The number of amides is 1. The van der Waals surface area contributed by atoms with Crippen LogP contribution < -0.4 is 15.4 Å². The number of para-hydroxylation sites is 1. The zero-order chi connectivity index (χ0) is 20.8. The molecule has 2 N–H and O–H groups in total. The Labute approximate surface area is 178 Å². The Kier molecular flexibility index (Phi) is 6.19. The van der Waals surface area contributed by atoms with Gasteiger partial charge in [0.1, 0.15) is 11.5 Å². The predicted octanol–water partition coefficient (Wildman–Crippen LogP) is 3.85. The van der Waals surface area contributed by atoms with Gasteiger partial charge in [-0.3, -0.25) is 9.69 Å². The third-order valence-corrected chi connectivity index (χ3v) is 5.73. The van der Waals surface area contributed by atoms with Gasteiger partial charge in [0.25, 0.3) is 0 Å². The van der Waals surface area contributed by atoms with Gasteiger partial charge in [-0.25, -0.2) is 0 Å². The van der Waals surface area contributed by atoms with Crippen molar-refractivity contribution < 1.29 is 9.53 Å². The van der Waals surface area contributed by atoms with Gasteiger partial charge in [0.15, 0.2) is 0 Å². The van der Waals surface area contributed by atoms with Gasteiger partial charge in [0, 0.05) is 19.6 Å². The molecule has 2 aromatic rings. The maximum atomic E-state index is 12.8. The number of allylic oxidation sites excluding steroid dienone is 2. The zero-order valence-electron chi connectivity index (χ0n) is 17.4. The fourth-order valence-corrected chi connectivity index (χ4v) is 4.00. The molecule has 2 aromatic carbocycles. The van der Waals surface area contributed by atoms with Crippen LogP contribution in [0.4, 0.5) is 0 Å². The van der Waals surface area contributed by atoms with Gasteiger partial charge in [-0.15, -0.1) is 0 Å². The first-order valence-electron chi connectivity index (χ1n) is 10.5. The molecule has 5 heteroatoms. The smallest absolute Gasteiger partial charge is 0.227 e. The molecule has 1 saturated heterocycles. The standard InChI is InChI=1S/C25H29N3O2/c1-25(24(29)27-17-21-9-5-6-14-26-21)13-15-28(19-25)18-20-8-7-12-23(16-20)30-22-10-3-2-4-11-22/h2-12,14,16,21,26H,13,15,17-19H2,1H3,(H,27,29)/t21?,25-/m0/s1. The first-order chi connectivity index (χ1) is 14.6. The maximum absolute atomic E-state index is 12.8. The second-order valence-electron chi connectivity index (χ2n) is 8.31. The van der Waals surface area contributed by atoms with Crippen molar-refractivity contribution in [2.45, 2.75) is 25.9 Å². The van der Waals surface area contributed by atoms with Crippen molar-refractivity contribution >= 4 is 5.91 Å². The lowest BCUT2D eigenvalue weighted by Gasteiger charge is -2.25. The van der Waals surface area contributed by atoms with Crippen LogP contribution in [0.5, 0.6) is 11.5 Å². The van der Waals surface area contributed by atoms with Gasteiger partial charge in [-0.05, 0) is 62.0 Å². The van der Waals surface area contributed by atoms with E-state index in [0.717, 1.165) is 37.6 Å². The number of nitrogens with one attached hydrogen (secondary N) is 2. The number of ether oxygens (including phenoxy) is 1. The van der Waals surface area contributed by atoms with Crippen molar-refractivity contribution in [1.29, 1.82) is 0 Å². The van der Waals surface area contributed by atoms with E-state index in [1.807, 2.05) is 60.8 Å². The Balaban J connectivity index is 1.31. The van der Waals surface area contributed by atoms with Crippen LogP contribution in [0.3, 0.4) is 0 Å². The summed E-state index contributed by atoms with van der Waals surface area (Å²) in [5.41, 5.74) is 0.836. The number of nitrogens with zero attached hydrogens (tertiary/aromatic N) is 1. The topological polar surface area (TPSA) is 53.6 Å². The molecular weight excluding hydrogens is 374 g/mol. The minimum atomic E-state index is -0.355. The van der Waals surface area contributed by atoms with E-state index in [2.05, 4.69) is 40.7 Å². The fraction of sp³-hybridized carbons (Fsp3) is 0.320. The Morgan fingerprint density at radius 1 is 1.17 bits per heavy atom. The van der Waals surface area contributed by atoms with Gasteiger partial charge in [-0.1, -0.05) is 42.5 Å². The van der Waals surface area contributed by atoms with Crippen LogP contribution in [0.25, 0.3) is 0 Å². The van der Waals surface area contributed by atoms with Gasteiger partial charge < -0.3 is 15.4 Å². The van der Waals surface area contributed by atoms with Crippen molar-refractivity contribution in [3.05, 3.63) is 84.6 Å². The average Bonchev–Trinajstić information content (AvgIpc) is 3.15. The van der Waals surface area contributed by atoms with E-state index in [0.29, 0.717) is 6.54 Å². The molecule has 1 unspecified atom stereocenters. The highest BCUT2D eigenvalue weighted by Gasteiger charge is 2.40. The second kappa shape index (κ2) is 9.18. The van der Waals surface area contributed by atoms with Crippen LogP contribution in [0, 0.1) is 5.41 Å².